The second-order valence-electron chi connectivity index (χ2n) is 6.56. The molecule has 0 bridgehead atoms. The summed E-state index contributed by atoms with van der Waals surface area (Å²) in [6, 6.07) is 4.70. The highest BCUT2D eigenvalue weighted by molar-refractivity contribution is 7.89. The first-order valence-electron chi connectivity index (χ1n) is 9.00. The highest BCUT2D eigenvalue weighted by atomic mass is 32.2. The summed E-state index contributed by atoms with van der Waals surface area (Å²) in [6.07, 6.45) is 1.17. The van der Waals surface area contributed by atoms with Gasteiger partial charge in [-0.05, 0) is 56.2 Å². The molecule has 1 atom stereocenters. The Bertz CT molecular complexity index is 1000. The number of carbonyl (C=O) groups excluding carboxylic acids is 1. The lowest BCUT2D eigenvalue weighted by Crippen LogP contribution is -2.45. The summed E-state index contributed by atoms with van der Waals surface area (Å²) in [4.78, 5) is 12.6. The van der Waals surface area contributed by atoms with Crippen molar-refractivity contribution in [2.45, 2.75) is 37.8 Å². The zero-order valence-electron chi connectivity index (χ0n) is 15.4. The molecule has 2 aromatic rings. The third-order valence-electron chi connectivity index (χ3n) is 4.78. The van der Waals surface area contributed by atoms with Gasteiger partial charge in [-0.15, -0.1) is 0 Å². The predicted molar refractivity (Wildman–Crippen MR) is 103 cm³/mol. The van der Waals surface area contributed by atoms with Gasteiger partial charge < -0.3 is 9.88 Å². The van der Waals surface area contributed by atoms with Crippen molar-refractivity contribution in [1.82, 2.24) is 24.4 Å². The molecule has 0 aliphatic carbocycles. The Morgan fingerprint density at radius 3 is 2.79 bits per heavy atom. The zero-order chi connectivity index (χ0) is 20.3. The van der Waals surface area contributed by atoms with Gasteiger partial charge in [0.25, 0.3) is 0 Å². The second-order valence-corrected chi connectivity index (χ2v) is 8.89. The van der Waals surface area contributed by atoms with E-state index < -0.39 is 21.8 Å². The molecule has 28 heavy (non-hydrogen) atoms. The number of H-pyrrole nitrogens is 1. The van der Waals surface area contributed by atoms with Crippen molar-refractivity contribution < 1.29 is 17.6 Å². The molecular weight excluding hydrogens is 405 g/mol. The number of carbonyl (C=O) groups is 1. The van der Waals surface area contributed by atoms with E-state index in [1.54, 1.807) is 4.57 Å². The maximum atomic E-state index is 13.1. The summed E-state index contributed by atoms with van der Waals surface area (Å²) in [7, 11) is -3.77. The lowest BCUT2D eigenvalue weighted by molar-refractivity contribution is -0.126. The minimum atomic E-state index is -3.77. The molecule has 0 spiro atoms. The molecule has 2 N–H and O–H groups in total. The van der Waals surface area contributed by atoms with Gasteiger partial charge in [0, 0.05) is 19.6 Å². The number of piperidine rings is 1. The van der Waals surface area contributed by atoms with Crippen molar-refractivity contribution in [2.75, 3.05) is 13.1 Å². The van der Waals surface area contributed by atoms with E-state index in [0.717, 1.165) is 12.1 Å². The largest absolute Gasteiger partial charge is 0.349 e. The Kier molecular flexibility index (Phi) is 6.26. The standard InChI is InChI=1S/C17H22FN5O3S2/c1-2-23-15(20-21-17(23)27)10-19-16(24)12-4-3-9-22(11-12)28(25,26)14-7-5-13(18)6-8-14/h5-8,12H,2-4,9-11H2,1H3,(H,19,24)(H,21,27). The molecular formula is C17H22FN5O3S2. The topological polar surface area (TPSA) is 100 Å². The number of aromatic nitrogens is 3. The van der Waals surface area contributed by atoms with Crippen LogP contribution < -0.4 is 5.32 Å². The van der Waals surface area contributed by atoms with Gasteiger partial charge in [0.15, 0.2) is 10.6 Å². The molecule has 1 unspecified atom stereocenters. The van der Waals surface area contributed by atoms with Crippen molar-refractivity contribution in [3.8, 4) is 0 Å². The number of nitrogens with one attached hydrogen (secondary N) is 2. The summed E-state index contributed by atoms with van der Waals surface area (Å²) >= 11 is 5.12. The van der Waals surface area contributed by atoms with Gasteiger partial charge in [-0.25, -0.2) is 12.8 Å². The number of sulfonamides is 1. The quantitative estimate of drug-likeness (QED) is 0.685. The first-order chi connectivity index (χ1) is 13.3. The van der Waals surface area contributed by atoms with Gasteiger partial charge in [-0.1, -0.05) is 0 Å². The minimum absolute atomic E-state index is 0.0217. The van der Waals surface area contributed by atoms with Crippen LogP contribution >= 0.6 is 12.2 Å². The molecule has 1 aliphatic heterocycles. The zero-order valence-corrected chi connectivity index (χ0v) is 17.0. The summed E-state index contributed by atoms with van der Waals surface area (Å²) in [5.41, 5.74) is 0. The first kappa shape index (κ1) is 20.6. The van der Waals surface area contributed by atoms with E-state index >= 15 is 0 Å². The Morgan fingerprint density at radius 2 is 2.11 bits per heavy atom. The molecule has 2 heterocycles. The SMILES string of the molecule is CCn1c(CNC(=O)C2CCCN(S(=O)(=O)c3ccc(F)cc3)C2)n[nH]c1=S. The molecule has 1 aromatic heterocycles. The predicted octanol–water partition coefficient (Wildman–Crippen LogP) is 1.82. The van der Waals surface area contributed by atoms with Crippen LogP contribution in [0.25, 0.3) is 0 Å². The highest BCUT2D eigenvalue weighted by Gasteiger charge is 2.33. The minimum Gasteiger partial charge on any atom is -0.349 e. The maximum Gasteiger partial charge on any atom is 0.243 e. The Hall–Kier alpha value is -2.11. The number of halogens is 1. The summed E-state index contributed by atoms with van der Waals surface area (Å²) in [6.45, 7) is 3.19. The highest BCUT2D eigenvalue weighted by Crippen LogP contribution is 2.24. The molecule has 3 rings (SSSR count). The van der Waals surface area contributed by atoms with E-state index in [1.807, 2.05) is 6.92 Å². The van der Waals surface area contributed by atoms with Crippen LogP contribution in [0.15, 0.2) is 29.2 Å². The lowest BCUT2D eigenvalue weighted by Gasteiger charge is -2.31. The second kappa shape index (κ2) is 8.50. The first-order valence-corrected chi connectivity index (χ1v) is 10.8. The Morgan fingerprint density at radius 1 is 1.39 bits per heavy atom. The number of rotatable bonds is 6. The van der Waals surface area contributed by atoms with E-state index in [9.17, 15) is 17.6 Å². The van der Waals surface area contributed by atoms with Crippen molar-refractivity contribution >= 4 is 28.1 Å². The van der Waals surface area contributed by atoms with E-state index in [2.05, 4.69) is 15.5 Å². The molecule has 0 radical (unpaired) electrons. The van der Waals surface area contributed by atoms with Crippen LogP contribution in [0.3, 0.4) is 0 Å². The molecule has 1 aromatic carbocycles. The molecule has 1 saturated heterocycles. The van der Waals surface area contributed by atoms with Crippen LogP contribution in [0.1, 0.15) is 25.6 Å². The fourth-order valence-electron chi connectivity index (χ4n) is 3.25. The number of benzene rings is 1. The number of hydrogen-bond acceptors (Lipinski definition) is 5. The fraction of sp³-hybridized carbons (Fsp3) is 0.471. The van der Waals surface area contributed by atoms with Gasteiger partial charge in [0.2, 0.25) is 15.9 Å². The summed E-state index contributed by atoms with van der Waals surface area (Å²) < 4.78 is 42.2. The number of amides is 1. The van der Waals surface area contributed by atoms with Gasteiger partial charge in [0.05, 0.1) is 17.4 Å². The third kappa shape index (κ3) is 4.31. The van der Waals surface area contributed by atoms with Crippen LogP contribution in [0, 0.1) is 16.5 Å². The lowest BCUT2D eigenvalue weighted by atomic mass is 9.99. The van der Waals surface area contributed by atoms with Crippen molar-refractivity contribution in [3.05, 3.63) is 40.7 Å². The maximum absolute atomic E-state index is 13.1. The number of hydrogen-bond donors (Lipinski definition) is 2. The molecule has 152 valence electrons. The van der Waals surface area contributed by atoms with Gasteiger partial charge >= 0.3 is 0 Å². The Labute approximate surface area is 167 Å². The van der Waals surface area contributed by atoms with Crippen LogP contribution in [-0.4, -0.2) is 46.5 Å². The van der Waals surface area contributed by atoms with Gasteiger partial charge in [-0.3, -0.25) is 9.89 Å². The molecule has 1 aliphatic rings. The van der Waals surface area contributed by atoms with E-state index in [0.29, 0.717) is 36.5 Å². The number of nitrogens with zero attached hydrogens (tertiary/aromatic N) is 3. The molecule has 1 amide bonds. The van der Waals surface area contributed by atoms with Gasteiger partial charge in [-0.2, -0.15) is 9.40 Å². The molecule has 1 fully saturated rings. The summed E-state index contributed by atoms with van der Waals surface area (Å²) in [5, 5.41) is 9.61. The monoisotopic (exact) mass is 427 g/mol. The third-order valence-corrected chi connectivity index (χ3v) is 6.97. The summed E-state index contributed by atoms with van der Waals surface area (Å²) in [5.74, 6) is -0.566. The van der Waals surface area contributed by atoms with E-state index in [-0.39, 0.29) is 23.9 Å². The van der Waals surface area contributed by atoms with Crippen LogP contribution in [-0.2, 0) is 27.9 Å². The normalized spacial score (nSPS) is 18.1. The van der Waals surface area contributed by atoms with Crippen molar-refractivity contribution in [1.29, 1.82) is 0 Å². The smallest absolute Gasteiger partial charge is 0.243 e. The number of aromatic amines is 1. The molecule has 0 saturated carbocycles. The van der Waals surface area contributed by atoms with Crippen molar-refractivity contribution in [3.63, 3.8) is 0 Å². The van der Waals surface area contributed by atoms with Crippen molar-refractivity contribution in [2.24, 2.45) is 5.92 Å². The van der Waals surface area contributed by atoms with Crippen LogP contribution in [0.4, 0.5) is 4.39 Å². The van der Waals surface area contributed by atoms with Crippen LogP contribution in [0.5, 0.6) is 0 Å². The average Bonchev–Trinajstić information content (AvgIpc) is 3.06. The van der Waals surface area contributed by atoms with Crippen LogP contribution in [0.2, 0.25) is 0 Å². The van der Waals surface area contributed by atoms with Gasteiger partial charge in [0.1, 0.15) is 5.82 Å². The Balaban J connectivity index is 1.66. The fourth-order valence-corrected chi connectivity index (χ4v) is 5.06. The molecule has 8 nitrogen and oxygen atoms in total. The molecule has 11 heteroatoms. The van der Waals surface area contributed by atoms with E-state index in [4.69, 9.17) is 12.2 Å². The average molecular weight is 428 g/mol. The van der Waals surface area contributed by atoms with E-state index in [1.165, 1.54) is 16.4 Å².